The van der Waals surface area contributed by atoms with Gasteiger partial charge in [-0.3, -0.25) is 0 Å². The molecule has 0 spiro atoms. The third kappa shape index (κ3) is 3.96. The van der Waals surface area contributed by atoms with E-state index in [9.17, 15) is 0 Å². The minimum atomic E-state index is 0.518. The second kappa shape index (κ2) is 7.49. The van der Waals surface area contributed by atoms with Crippen molar-refractivity contribution in [2.45, 2.75) is 20.0 Å². The van der Waals surface area contributed by atoms with E-state index in [1.807, 2.05) is 30.5 Å². The number of methoxy groups -OCH3 is 1. The van der Waals surface area contributed by atoms with Gasteiger partial charge in [0.2, 0.25) is 0 Å². The lowest BCUT2D eigenvalue weighted by molar-refractivity contribution is 0.273. The highest BCUT2D eigenvalue weighted by molar-refractivity contribution is 5.39. The summed E-state index contributed by atoms with van der Waals surface area (Å²) in [5, 5.41) is 11.4. The van der Waals surface area contributed by atoms with Crippen LogP contribution in [0.4, 0.5) is 0 Å². The van der Waals surface area contributed by atoms with Gasteiger partial charge in [-0.2, -0.15) is 0 Å². The largest absolute Gasteiger partial charge is 0.493 e. The van der Waals surface area contributed by atoms with Crippen molar-refractivity contribution in [3.8, 4) is 11.5 Å². The molecule has 2 rings (SSSR count). The maximum Gasteiger partial charge on any atom is 0.161 e. The SMILES string of the molecule is CCNCc1cn(CCOc2ccccc2OC)nn1. The lowest BCUT2D eigenvalue weighted by Crippen LogP contribution is -2.12. The van der Waals surface area contributed by atoms with Gasteiger partial charge in [0.05, 0.1) is 19.3 Å². The average molecular weight is 276 g/mol. The topological polar surface area (TPSA) is 61.2 Å². The van der Waals surface area contributed by atoms with Gasteiger partial charge in [0.15, 0.2) is 11.5 Å². The van der Waals surface area contributed by atoms with Crippen molar-refractivity contribution in [2.24, 2.45) is 0 Å². The Bertz CT molecular complexity index is 527. The van der Waals surface area contributed by atoms with Gasteiger partial charge in [-0.15, -0.1) is 5.10 Å². The van der Waals surface area contributed by atoms with Crippen molar-refractivity contribution in [3.63, 3.8) is 0 Å². The molecule has 1 aromatic heterocycles. The number of benzene rings is 1. The van der Waals surface area contributed by atoms with E-state index in [0.29, 0.717) is 13.2 Å². The van der Waals surface area contributed by atoms with Crippen LogP contribution < -0.4 is 14.8 Å². The Morgan fingerprint density at radius 3 is 2.80 bits per heavy atom. The molecule has 1 heterocycles. The van der Waals surface area contributed by atoms with Crippen LogP contribution in [0.5, 0.6) is 11.5 Å². The van der Waals surface area contributed by atoms with Gasteiger partial charge < -0.3 is 14.8 Å². The number of nitrogens with one attached hydrogen (secondary N) is 1. The molecule has 0 unspecified atom stereocenters. The second-order valence-corrected chi connectivity index (χ2v) is 4.25. The molecule has 2 aromatic rings. The van der Waals surface area contributed by atoms with Crippen molar-refractivity contribution in [1.29, 1.82) is 0 Å². The number of hydrogen-bond donors (Lipinski definition) is 1. The Labute approximate surface area is 118 Å². The molecule has 6 heteroatoms. The Kier molecular flexibility index (Phi) is 5.37. The number of ether oxygens (including phenoxy) is 2. The van der Waals surface area contributed by atoms with Crippen LogP contribution in [-0.4, -0.2) is 35.3 Å². The van der Waals surface area contributed by atoms with Crippen LogP contribution >= 0.6 is 0 Å². The van der Waals surface area contributed by atoms with Crippen LogP contribution in [-0.2, 0) is 13.1 Å². The Hall–Kier alpha value is -2.08. The number of aromatic nitrogens is 3. The number of rotatable bonds is 8. The normalized spacial score (nSPS) is 10.5. The third-order valence-corrected chi connectivity index (χ3v) is 2.79. The third-order valence-electron chi connectivity index (χ3n) is 2.79. The highest BCUT2D eigenvalue weighted by atomic mass is 16.5. The van der Waals surface area contributed by atoms with E-state index < -0.39 is 0 Å². The summed E-state index contributed by atoms with van der Waals surface area (Å²) in [5.41, 5.74) is 0.934. The van der Waals surface area contributed by atoms with Gasteiger partial charge in [-0.1, -0.05) is 24.3 Å². The molecule has 1 aromatic carbocycles. The van der Waals surface area contributed by atoms with E-state index in [1.54, 1.807) is 11.8 Å². The molecular weight excluding hydrogens is 256 g/mol. The Balaban J connectivity index is 1.82. The van der Waals surface area contributed by atoms with Gasteiger partial charge in [0.25, 0.3) is 0 Å². The van der Waals surface area contributed by atoms with Crippen molar-refractivity contribution in [3.05, 3.63) is 36.2 Å². The zero-order valence-electron chi connectivity index (χ0n) is 11.9. The highest BCUT2D eigenvalue weighted by Crippen LogP contribution is 2.25. The molecule has 0 aliphatic carbocycles. The number of nitrogens with zero attached hydrogens (tertiary/aromatic N) is 3. The summed E-state index contributed by atoms with van der Waals surface area (Å²) in [5.74, 6) is 1.47. The van der Waals surface area contributed by atoms with Crippen LogP contribution in [0.15, 0.2) is 30.5 Å². The summed E-state index contributed by atoms with van der Waals surface area (Å²) in [4.78, 5) is 0. The molecule has 0 atom stereocenters. The van der Waals surface area contributed by atoms with Gasteiger partial charge in [0, 0.05) is 12.7 Å². The van der Waals surface area contributed by atoms with Gasteiger partial charge in [-0.25, -0.2) is 4.68 Å². The molecule has 0 aliphatic rings. The first kappa shape index (κ1) is 14.3. The molecule has 1 N–H and O–H groups in total. The summed E-state index contributed by atoms with van der Waals surface area (Å²) in [6.07, 6.45) is 1.92. The van der Waals surface area contributed by atoms with Crippen LogP contribution in [0, 0.1) is 0 Å². The predicted octanol–water partition coefficient (Wildman–Crippen LogP) is 1.48. The first-order chi connectivity index (χ1) is 9.83. The van der Waals surface area contributed by atoms with Crippen LogP contribution in [0.2, 0.25) is 0 Å². The molecule has 0 amide bonds. The zero-order valence-corrected chi connectivity index (χ0v) is 11.9. The maximum atomic E-state index is 5.69. The van der Waals surface area contributed by atoms with Crippen LogP contribution in [0.1, 0.15) is 12.6 Å². The fraction of sp³-hybridized carbons (Fsp3) is 0.429. The van der Waals surface area contributed by atoms with Crippen LogP contribution in [0.25, 0.3) is 0 Å². The lowest BCUT2D eigenvalue weighted by Gasteiger charge is -2.09. The standard InChI is InChI=1S/C14H20N4O2/c1-3-15-10-12-11-18(17-16-12)8-9-20-14-7-5-4-6-13(14)19-2/h4-7,11,15H,3,8-10H2,1-2H3. The Morgan fingerprint density at radius 1 is 1.25 bits per heavy atom. The van der Waals surface area contributed by atoms with E-state index >= 15 is 0 Å². The summed E-state index contributed by atoms with van der Waals surface area (Å²) < 4.78 is 12.7. The van der Waals surface area contributed by atoms with Gasteiger partial charge >= 0.3 is 0 Å². The summed E-state index contributed by atoms with van der Waals surface area (Å²) in [6.45, 7) is 4.89. The summed E-state index contributed by atoms with van der Waals surface area (Å²) in [6, 6.07) is 7.59. The lowest BCUT2D eigenvalue weighted by atomic mass is 10.3. The fourth-order valence-electron chi connectivity index (χ4n) is 1.77. The second-order valence-electron chi connectivity index (χ2n) is 4.25. The van der Waals surface area contributed by atoms with Crippen molar-refractivity contribution in [2.75, 3.05) is 20.3 Å². The first-order valence-corrected chi connectivity index (χ1v) is 6.69. The van der Waals surface area contributed by atoms with E-state index in [-0.39, 0.29) is 0 Å². The quantitative estimate of drug-likeness (QED) is 0.791. The highest BCUT2D eigenvalue weighted by Gasteiger charge is 2.03. The molecule has 20 heavy (non-hydrogen) atoms. The molecule has 0 radical (unpaired) electrons. The zero-order chi connectivity index (χ0) is 14.2. The van der Waals surface area contributed by atoms with Gasteiger partial charge in [-0.05, 0) is 18.7 Å². The minimum Gasteiger partial charge on any atom is -0.493 e. The molecule has 0 saturated carbocycles. The van der Waals surface area contributed by atoms with E-state index in [2.05, 4.69) is 22.6 Å². The predicted molar refractivity (Wildman–Crippen MR) is 75.9 cm³/mol. The van der Waals surface area contributed by atoms with E-state index in [4.69, 9.17) is 9.47 Å². The molecule has 0 saturated heterocycles. The van der Waals surface area contributed by atoms with Crippen molar-refractivity contribution >= 4 is 0 Å². The molecular formula is C14H20N4O2. The number of hydrogen-bond acceptors (Lipinski definition) is 5. The fourth-order valence-corrected chi connectivity index (χ4v) is 1.77. The summed E-state index contributed by atoms with van der Waals surface area (Å²) >= 11 is 0. The molecule has 6 nitrogen and oxygen atoms in total. The Morgan fingerprint density at radius 2 is 2.05 bits per heavy atom. The van der Waals surface area contributed by atoms with Crippen molar-refractivity contribution in [1.82, 2.24) is 20.3 Å². The first-order valence-electron chi connectivity index (χ1n) is 6.69. The van der Waals surface area contributed by atoms with E-state index in [1.165, 1.54) is 0 Å². The molecule has 108 valence electrons. The molecule has 0 fully saturated rings. The number of para-hydroxylation sites is 2. The van der Waals surface area contributed by atoms with E-state index in [0.717, 1.165) is 30.3 Å². The summed E-state index contributed by atoms with van der Waals surface area (Å²) in [7, 11) is 1.63. The van der Waals surface area contributed by atoms with Crippen LogP contribution in [0.3, 0.4) is 0 Å². The average Bonchev–Trinajstić information content (AvgIpc) is 2.93. The molecule has 0 bridgehead atoms. The van der Waals surface area contributed by atoms with Crippen molar-refractivity contribution < 1.29 is 9.47 Å². The molecule has 0 aliphatic heterocycles. The smallest absolute Gasteiger partial charge is 0.161 e. The maximum absolute atomic E-state index is 5.69. The monoisotopic (exact) mass is 276 g/mol. The van der Waals surface area contributed by atoms with Gasteiger partial charge in [0.1, 0.15) is 6.61 Å². The minimum absolute atomic E-state index is 0.518.